The van der Waals surface area contributed by atoms with E-state index in [0.29, 0.717) is 19.4 Å². The molecular formula is C13H23NO4. The number of carbonyl (C=O) groups excluding carboxylic acids is 2. The molecule has 1 amide bonds. The topological polar surface area (TPSA) is 55.8 Å². The first-order valence-electron chi connectivity index (χ1n) is 6.55. The Morgan fingerprint density at radius 2 is 1.78 bits per heavy atom. The predicted molar refractivity (Wildman–Crippen MR) is 67.1 cm³/mol. The highest BCUT2D eigenvalue weighted by Gasteiger charge is 2.46. The van der Waals surface area contributed by atoms with Gasteiger partial charge in [-0.05, 0) is 26.7 Å². The summed E-state index contributed by atoms with van der Waals surface area (Å²) in [5.41, 5.74) is 0. The highest BCUT2D eigenvalue weighted by Crippen LogP contribution is 2.28. The lowest BCUT2D eigenvalue weighted by Crippen LogP contribution is -2.45. The Kier molecular flexibility index (Phi) is 5.28. The molecule has 1 heterocycles. The maximum atomic E-state index is 12.3. The zero-order chi connectivity index (χ0) is 13.8. The van der Waals surface area contributed by atoms with Crippen molar-refractivity contribution in [1.29, 1.82) is 0 Å². The second kappa shape index (κ2) is 6.29. The molecule has 2 atom stereocenters. The van der Waals surface area contributed by atoms with Crippen LogP contribution in [0.1, 0.15) is 40.5 Å². The maximum Gasteiger partial charge on any atom is 0.255 e. The highest BCUT2D eigenvalue weighted by atomic mass is 16.8. The second-order valence-corrected chi connectivity index (χ2v) is 4.98. The predicted octanol–water partition coefficient (Wildman–Crippen LogP) is 1.35. The average Bonchev–Trinajstić information content (AvgIpc) is 2.63. The molecule has 5 nitrogen and oxygen atoms in total. The number of rotatable bonds is 6. The van der Waals surface area contributed by atoms with Crippen molar-refractivity contribution in [3.8, 4) is 0 Å². The molecule has 0 aromatic carbocycles. The van der Waals surface area contributed by atoms with Gasteiger partial charge in [0, 0.05) is 13.1 Å². The van der Waals surface area contributed by atoms with Crippen LogP contribution < -0.4 is 0 Å². The van der Waals surface area contributed by atoms with Gasteiger partial charge in [-0.15, -0.1) is 0 Å². The van der Waals surface area contributed by atoms with Gasteiger partial charge in [0.2, 0.25) is 0 Å². The van der Waals surface area contributed by atoms with Crippen molar-refractivity contribution in [1.82, 2.24) is 4.90 Å². The van der Waals surface area contributed by atoms with E-state index in [1.165, 1.54) is 0 Å². The lowest BCUT2D eigenvalue weighted by atomic mass is 10.2. The van der Waals surface area contributed by atoms with E-state index in [4.69, 9.17) is 9.47 Å². The molecule has 1 saturated heterocycles. The minimum absolute atomic E-state index is 0.152. The molecule has 1 aliphatic heterocycles. The van der Waals surface area contributed by atoms with Crippen molar-refractivity contribution in [2.24, 2.45) is 0 Å². The van der Waals surface area contributed by atoms with Crippen molar-refractivity contribution in [2.75, 3.05) is 13.1 Å². The highest BCUT2D eigenvalue weighted by molar-refractivity contribution is 5.85. The summed E-state index contributed by atoms with van der Waals surface area (Å²) < 4.78 is 10.9. The Hall–Kier alpha value is -0.940. The fourth-order valence-corrected chi connectivity index (χ4v) is 2.13. The van der Waals surface area contributed by atoms with Crippen LogP contribution in [-0.4, -0.2) is 48.2 Å². The van der Waals surface area contributed by atoms with Gasteiger partial charge in [0.1, 0.15) is 0 Å². The Labute approximate surface area is 108 Å². The van der Waals surface area contributed by atoms with Gasteiger partial charge in [-0.25, -0.2) is 0 Å². The summed E-state index contributed by atoms with van der Waals surface area (Å²) in [5.74, 6) is -1.03. The van der Waals surface area contributed by atoms with Crippen molar-refractivity contribution in [3.05, 3.63) is 0 Å². The fraction of sp³-hybridized carbons (Fsp3) is 0.846. The Morgan fingerprint density at radius 3 is 2.22 bits per heavy atom. The average molecular weight is 257 g/mol. The lowest BCUT2D eigenvalue weighted by molar-refractivity contribution is -0.162. The number of hydrogen-bond donors (Lipinski definition) is 0. The van der Waals surface area contributed by atoms with E-state index < -0.39 is 18.0 Å². The molecule has 0 aromatic rings. The molecule has 1 rings (SSSR count). The second-order valence-electron chi connectivity index (χ2n) is 4.98. The minimum Gasteiger partial charge on any atom is -0.340 e. The van der Waals surface area contributed by atoms with E-state index in [0.717, 1.165) is 12.8 Å². The third-order valence-corrected chi connectivity index (χ3v) is 2.81. The molecule has 0 radical (unpaired) electrons. The van der Waals surface area contributed by atoms with Crippen molar-refractivity contribution < 1.29 is 19.1 Å². The van der Waals surface area contributed by atoms with Gasteiger partial charge in [0.25, 0.3) is 5.91 Å². The van der Waals surface area contributed by atoms with Crippen LogP contribution in [0.15, 0.2) is 0 Å². The van der Waals surface area contributed by atoms with Gasteiger partial charge in [0.15, 0.2) is 24.3 Å². The summed E-state index contributed by atoms with van der Waals surface area (Å²) in [4.78, 5) is 25.1. The molecule has 0 saturated carbocycles. The number of hydrogen-bond acceptors (Lipinski definition) is 4. The van der Waals surface area contributed by atoms with Crippen LogP contribution in [0.5, 0.6) is 0 Å². The number of aldehydes is 1. The quantitative estimate of drug-likeness (QED) is 0.674. The van der Waals surface area contributed by atoms with E-state index in [1.807, 2.05) is 13.8 Å². The van der Waals surface area contributed by atoms with Crippen LogP contribution in [0, 0.1) is 0 Å². The molecule has 18 heavy (non-hydrogen) atoms. The van der Waals surface area contributed by atoms with Crippen LogP contribution in [0.25, 0.3) is 0 Å². The van der Waals surface area contributed by atoms with Gasteiger partial charge in [-0.1, -0.05) is 13.8 Å². The van der Waals surface area contributed by atoms with Gasteiger partial charge >= 0.3 is 0 Å². The SMILES string of the molecule is CCCN(CCC)C(=O)[C@@H]1OC(C)(C)O[C@@H]1C=O. The molecule has 5 heteroatoms. The van der Waals surface area contributed by atoms with Crippen molar-refractivity contribution in [2.45, 2.75) is 58.5 Å². The van der Waals surface area contributed by atoms with Crippen molar-refractivity contribution >= 4 is 12.2 Å². The molecule has 0 spiro atoms. The number of carbonyl (C=O) groups is 2. The monoisotopic (exact) mass is 257 g/mol. The van der Waals surface area contributed by atoms with Crippen LogP contribution in [0.3, 0.4) is 0 Å². The number of nitrogens with zero attached hydrogens (tertiary/aromatic N) is 1. The number of amides is 1. The third-order valence-electron chi connectivity index (χ3n) is 2.81. The molecule has 0 unspecified atom stereocenters. The maximum absolute atomic E-state index is 12.3. The third kappa shape index (κ3) is 3.53. The Balaban J connectivity index is 2.77. The van der Waals surface area contributed by atoms with Crippen LogP contribution in [-0.2, 0) is 19.1 Å². The fourth-order valence-electron chi connectivity index (χ4n) is 2.13. The number of ether oxygens (including phenoxy) is 2. The Morgan fingerprint density at radius 1 is 1.22 bits per heavy atom. The van der Waals surface area contributed by atoms with Gasteiger partial charge in [-0.2, -0.15) is 0 Å². The first-order chi connectivity index (χ1) is 8.45. The van der Waals surface area contributed by atoms with Gasteiger partial charge < -0.3 is 19.2 Å². The van der Waals surface area contributed by atoms with Crippen LogP contribution in [0.2, 0.25) is 0 Å². The zero-order valence-corrected chi connectivity index (χ0v) is 11.6. The summed E-state index contributed by atoms with van der Waals surface area (Å²) >= 11 is 0. The molecule has 0 aromatic heterocycles. The van der Waals surface area contributed by atoms with Gasteiger partial charge in [0.05, 0.1) is 0 Å². The molecule has 0 bridgehead atoms. The lowest BCUT2D eigenvalue weighted by Gasteiger charge is -2.25. The van der Waals surface area contributed by atoms with Gasteiger partial charge in [-0.3, -0.25) is 4.79 Å². The molecule has 1 fully saturated rings. The van der Waals surface area contributed by atoms with Crippen LogP contribution >= 0.6 is 0 Å². The summed E-state index contributed by atoms with van der Waals surface area (Å²) in [6.45, 7) is 8.81. The smallest absolute Gasteiger partial charge is 0.255 e. The van der Waals surface area contributed by atoms with E-state index in [9.17, 15) is 9.59 Å². The molecule has 0 N–H and O–H groups in total. The van der Waals surface area contributed by atoms with E-state index >= 15 is 0 Å². The van der Waals surface area contributed by atoms with Crippen LogP contribution in [0.4, 0.5) is 0 Å². The van der Waals surface area contributed by atoms with E-state index in [2.05, 4.69) is 0 Å². The minimum atomic E-state index is -0.879. The first kappa shape index (κ1) is 15.1. The summed E-state index contributed by atoms with van der Waals surface area (Å²) in [5, 5.41) is 0. The molecular weight excluding hydrogens is 234 g/mol. The summed E-state index contributed by atoms with van der Waals surface area (Å²) in [6, 6.07) is 0. The molecule has 1 aliphatic rings. The molecule has 0 aliphatic carbocycles. The molecule has 104 valence electrons. The van der Waals surface area contributed by atoms with Crippen molar-refractivity contribution in [3.63, 3.8) is 0 Å². The standard InChI is InChI=1S/C13H23NO4/c1-5-7-14(8-6-2)12(16)11-10(9-15)17-13(3,4)18-11/h9-11H,5-8H2,1-4H3/t10-,11-/m1/s1. The Bertz CT molecular complexity index is 297. The normalized spacial score (nSPS) is 26.0. The zero-order valence-electron chi connectivity index (χ0n) is 11.6. The largest absolute Gasteiger partial charge is 0.340 e. The first-order valence-corrected chi connectivity index (χ1v) is 6.55. The summed E-state index contributed by atoms with van der Waals surface area (Å²) in [7, 11) is 0. The van der Waals surface area contributed by atoms with E-state index in [-0.39, 0.29) is 5.91 Å². The van der Waals surface area contributed by atoms with E-state index in [1.54, 1.807) is 18.7 Å². The summed E-state index contributed by atoms with van der Waals surface area (Å²) in [6.07, 6.45) is 0.801.